The average Bonchev–Trinajstić information content (AvgIpc) is 2.94. The molecule has 1 aromatic carbocycles. The van der Waals surface area contributed by atoms with Crippen LogP contribution < -0.4 is 10.1 Å². The summed E-state index contributed by atoms with van der Waals surface area (Å²) >= 11 is 0. The lowest BCUT2D eigenvalue weighted by Crippen LogP contribution is -2.31. The van der Waals surface area contributed by atoms with Crippen molar-refractivity contribution in [2.24, 2.45) is 0 Å². The number of carbonyl (C=O) groups is 2. The van der Waals surface area contributed by atoms with E-state index < -0.39 is 5.97 Å². The zero-order valence-corrected chi connectivity index (χ0v) is 12.9. The standard InChI is InChI=1S/C15H18N4O4/c1-10-4-3-5-11(2)14(10)23-7-6-16-13(20)9-19-8-12(15(21)22)17-18-19/h3-5,8H,6-7,9H2,1-2H3,(H,16,20)(H,21,22). The number of hydrogen-bond acceptors (Lipinski definition) is 5. The van der Waals surface area contributed by atoms with E-state index in [0.29, 0.717) is 13.2 Å². The van der Waals surface area contributed by atoms with Crippen LogP contribution in [0, 0.1) is 13.8 Å². The van der Waals surface area contributed by atoms with Crippen LogP contribution in [0.3, 0.4) is 0 Å². The van der Waals surface area contributed by atoms with Crippen LogP contribution in [0.5, 0.6) is 5.75 Å². The minimum absolute atomic E-state index is 0.0936. The van der Waals surface area contributed by atoms with Crippen molar-refractivity contribution in [2.75, 3.05) is 13.2 Å². The van der Waals surface area contributed by atoms with Gasteiger partial charge in [-0.3, -0.25) is 4.79 Å². The van der Waals surface area contributed by atoms with Gasteiger partial charge in [0, 0.05) is 0 Å². The van der Waals surface area contributed by atoms with Crippen LogP contribution in [0.2, 0.25) is 0 Å². The lowest BCUT2D eigenvalue weighted by atomic mass is 10.1. The summed E-state index contributed by atoms with van der Waals surface area (Å²) in [5.41, 5.74) is 1.89. The largest absolute Gasteiger partial charge is 0.491 e. The number of carboxylic acid groups (broad SMARTS) is 1. The normalized spacial score (nSPS) is 10.3. The SMILES string of the molecule is Cc1cccc(C)c1OCCNC(=O)Cn1cc(C(=O)O)nn1. The highest BCUT2D eigenvalue weighted by Gasteiger charge is 2.10. The molecule has 1 amide bonds. The maximum absolute atomic E-state index is 11.7. The van der Waals surface area contributed by atoms with Crippen LogP contribution in [0.15, 0.2) is 24.4 Å². The molecule has 0 radical (unpaired) electrons. The Bertz CT molecular complexity index is 691. The van der Waals surface area contributed by atoms with Gasteiger partial charge in [-0.15, -0.1) is 5.10 Å². The van der Waals surface area contributed by atoms with Crippen LogP contribution >= 0.6 is 0 Å². The molecular weight excluding hydrogens is 300 g/mol. The van der Waals surface area contributed by atoms with Gasteiger partial charge in [0.15, 0.2) is 5.69 Å². The first-order valence-corrected chi connectivity index (χ1v) is 7.06. The van der Waals surface area contributed by atoms with E-state index in [1.54, 1.807) is 0 Å². The fraction of sp³-hybridized carbons (Fsp3) is 0.333. The lowest BCUT2D eigenvalue weighted by Gasteiger charge is -2.12. The number of rotatable bonds is 7. The molecule has 0 bridgehead atoms. The smallest absolute Gasteiger partial charge is 0.358 e. The number of nitrogens with one attached hydrogen (secondary N) is 1. The minimum Gasteiger partial charge on any atom is -0.491 e. The first-order valence-electron chi connectivity index (χ1n) is 7.06. The predicted octanol–water partition coefficient (Wildman–Crippen LogP) is 0.788. The van der Waals surface area contributed by atoms with Crippen molar-refractivity contribution >= 4 is 11.9 Å². The van der Waals surface area contributed by atoms with Gasteiger partial charge in [0.2, 0.25) is 5.91 Å². The number of para-hydroxylation sites is 1. The summed E-state index contributed by atoms with van der Waals surface area (Å²) in [6, 6.07) is 5.89. The fourth-order valence-electron chi connectivity index (χ4n) is 2.05. The third kappa shape index (κ3) is 4.53. The summed E-state index contributed by atoms with van der Waals surface area (Å²) in [5, 5.41) is 18.4. The van der Waals surface area contributed by atoms with Gasteiger partial charge in [-0.25, -0.2) is 9.48 Å². The van der Waals surface area contributed by atoms with E-state index in [9.17, 15) is 9.59 Å². The topological polar surface area (TPSA) is 106 Å². The van der Waals surface area contributed by atoms with Crippen molar-refractivity contribution in [1.29, 1.82) is 0 Å². The number of carbonyl (C=O) groups excluding carboxylic acids is 1. The van der Waals surface area contributed by atoms with E-state index in [2.05, 4.69) is 15.6 Å². The first-order chi connectivity index (χ1) is 11.0. The number of aromatic nitrogens is 3. The molecule has 0 saturated heterocycles. The Morgan fingerprint density at radius 1 is 1.30 bits per heavy atom. The van der Waals surface area contributed by atoms with Gasteiger partial charge in [-0.2, -0.15) is 0 Å². The van der Waals surface area contributed by atoms with Crippen molar-refractivity contribution in [1.82, 2.24) is 20.3 Å². The summed E-state index contributed by atoms with van der Waals surface area (Å²) in [4.78, 5) is 22.4. The maximum Gasteiger partial charge on any atom is 0.358 e. The van der Waals surface area contributed by atoms with Gasteiger partial charge in [0.1, 0.15) is 18.9 Å². The number of ether oxygens (including phenoxy) is 1. The predicted molar refractivity (Wildman–Crippen MR) is 81.4 cm³/mol. The van der Waals surface area contributed by atoms with Gasteiger partial charge in [0.05, 0.1) is 12.7 Å². The molecule has 8 heteroatoms. The van der Waals surface area contributed by atoms with Crippen LogP contribution in [0.25, 0.3) is 0 Å². The molecule has 8 nitrogen and oxygen atoms in total. The van der Waals surface area contributed by atoms with E-state index in [4.69, 9.17) is 9.84 Å². The number of benzene rings is 1. The summed E-state index contributed by atoms with van der Waals surface area (Å²) in [6.07, 6.45) is 1.20. The van der Waals surface area contributed by atoms with Gasteiger partial charge in [-0.05, 0) is 25.0 Å². The minimum atomic E-state index is -1.18. The van der Waals surface area contributed by atoms with Gasteiger partial charge >= 0.3 is 5.97 Å². The Hall–Kier alpha value is -2.90. The highest BCUT2D eigenvalue weighted by Crippen LogP contribution is 2.21. The first kappa shape index (κ1) is 16.5. The lowest BCUT2D eigenvalue weighted by molar-refractivity contribution is -0.121. The van der Waals surface area contributed by atoms with E-state index in [1.165, 1.54) is 10.9 Å². The summed E-state index contributed by atoms with van der Waals surface area (Å²) in [6.45, 7) is 4.52. The van der Waals surface area contributed by atoms with E-state index >= 15 is 0 Å². The van der Waals surface area contributed by atoms with Crippen molar-refractivity contribution in [3.05, 3.63) is 41.2 Å². The molecule has 1 heterocycles. The third-order valence-electron chi connectivity index (χ3n) is 3.14. The average molecular weight is 318 g/mol. The number of aromatic carboxylic acids is 1. The molecule has 0 aliphatic carbocycles. The van der Waals surface area contributed by atoms with Crippen LogP contribution in [-0.4, -0.2) is 45.1 Å². The second kappa shape index (κ2) is 7.39. The maximum atomic E-state index is 11.7. The summed E-state index contributed by atoms with van der Waals surface area (Å²) in [7, 11) is 0. The molecule has 122 valence electrons. The van der Waals surface area contributed by atoms with E-state index in [1.807, 2.05) is 32.0 Å². The van der Waals surface area contributed by atoms with Crippen molar-refractivity contribution in [3.8, 4) is 5.75 Å². The quantitative estimate of drug-likeness (QED) is 0.731. The summed E-state index contributed by atoms with van der Waals surface area (Å²) < 4.78 is 6.85. The van der Waals surface area contributed by atoms with Crippen LogP contribution in [0.4, 0.5) is 0 Å². The highest BCUT2D eigenvalue weighted by atomic mass is 16.5. The molecule has 0 spiro atoms. The Balaban J connectivity index is 1.75. The summed E-state index contributed by atoms with van der Waals surface area (Å²) in [5.74, 6) is -0.653. The Kier molecular flexibility index (Phi) is 5.29. The number of carboxylic acids is 1. The molecule has 0 unspecified atom stereocenters. The second-order valence-corrected chi connectivity index (χ2v) is 5.03. The fourth-order valence-corrected chi connectivity index (χ4v) is 2.05. The van der Waals surface area contributed by atoms with Gasteiger partial charge < -0.3 is 15.2 Å². The number of amides is 1. The molecule has 1 aromatic heterocycles. The monoisotopic (exact) mass is 318 g/mol. The molecule has 0 saturated carbocycles. The zero-order chi connectivity index (χ0) is 16.8. The Labute approximate surface area is 133 Å². The van der Waals surface area contributed by atoms with E-state index in [0.717, 1.165) is 16.9 Å². The Morgan fingerprint density at radius 2 is 2.00 bits per heavy atom. The number of hydrogen-bond donors (Lipinski definition) is 2. The van der Waals surface area contributed by atoms with Crippen LogP contribution in [-0.2, 0) is 11.3 Å². The van der Waals surface area contributed by atoms with Gasteiger partial charge in [-0.1, -0.05) is 23.4 Å². The Morgan fingerprint density at radius 3 is 2.61 bits per heavy atom. The van der Waals surface area contributed by atoms with Crippen molar-refractivity contribution in [3.63, 3.8) is 0 Å². The molecule has 0 aliphatic rings. The number of nitrogens with zero attached hydrogens (tertiary/aromatic N) is 3. The molecule has 2 N–H and O–H groups in total. The molecule has 2 rings (SSSR count). The molecule has 23 heavy (non-hydrogen) atoms. The molecular formula is C15H18N4O4. The molecule has 0 aliphatic heterocycles. The number of aryl methyl sites for hydroxylation is 2. The molecule has 2 aromatic rings. The van der Waals surface area contributed by atoms with Crippen LogP contribution in [0.1, 0.15) is 21.6 Å². The zero-order valence-electron chi connectivity index (χ0n) is 12.9. The molecule has 0 atom stereocenters. The van der Waals surface area contributed by atoms with Crippen molar-refractivity contribution in [2.45, 2.75) is 20.4 Å². The highest BCUT2D eigenvalue weighted by molar-refractivity contribution is 5.84. The second-order valence-electron chi connectivity index (χ2n) is 5.03. The van der Waals surface area contributed by atoms with Gasteiger partial charge in [0.25, 0.3) is 0 Å². The third-order valence-corrected chi connectivity index (χ3v) is 3.14. The van der Waals surface area contributed by atoms with Crippen molar-refractivity contribution < 1.29 is 19.4 Å². The van der Waals surface area contributed by atoms with E-state index in [-0.39, 0.29) is 18.1 Å². The molecule has 0 fully saturated rings.